The van der Waals surface area contributed by atoms with Crippen LogP contribution < -0.4 is 35.0 Å². The van der Waals surface area contributed by atoms with Crippen LogP contribution in [0, 0.1) is 5.82 Å². The van der Waals surface area contributed by atoms with Crippen LogP contribution in [-0.4, -0.2) is 19.4 Å². The summed E-state index contributed by atoms with van der Waals surface area (Å²) >= 11 is 0. The van der Waals surface area contributed by atoms with Crippen LogP contribution >= 0.6 is 0 Å². The monoisotopic (exact) mass is 355 g/mol. The Morgan fingerprint density at radius 1 is 1.00 bits per heavy atom. The maximum absolute atomic E-state index is 12.8. The Labute approximate surface area is 148 Å². The van der Waals surface area contributed by atoms with E-state index in [-0.39, 0.29) is 30.6 Å². The predicted molar refractivity (Wildman–Crippen MR) is 81.6 cm³/mol. The third kappa shape index (κ3) is 5.29. The molecule has 0 saturated heterocycles. The van der Waals surface area contributed by atoms with Gasteiger partial charge in [0.1, 0.15) is 18.0 Å². The molecule has 0 saturated carbocycles. The summed E-state index contributed by atoms with van der Waals surface area (Å²) in [5, 5.41) is 2.27. The predicted octanol–water partition coefficient (Wildman–Crippen LogP) is -4.82. The fourth-order valence-electron chi connectivity index (χ4n) is 2.60. The third-order valence-corrected chi connectivity index (χ3v) is 3.76. The Hall–Kier alpha value is -1.46. The van der Waals surface area contributed by atoms with Crippen LogP contribution in [-0.2, 0) is 6.54 Å². The second-order valence-corrected chi connectivity index (χ2v) is 5.31. The Morgan fingerprint density at radius 3 is 2.52 bits per heavy atom. The first-order valence-corrected chi connectivity index (χ1v) is 7.38. The summed E-state index contributed by atoms with van der Waals surface area (Å²) < 4.78 is 12.8. The SMILES string of the molecule is Fc1ccc(C[NH2+]CCC[NH+]2C=Nc3ccccc32)cc1.[Cl-].[Cl-]. The molecule has 1 atom stereocenters. The van der Waals surface area contributed by atoms with E-state index in [1.54, 1.807) is 0 Å². The molecule has 1 aliphatic heterocycles. The van der Waals surface area contributed by atoms with E-state index >= 15 is 0 Å². The van der Waals surface area contributed by atoms with Crippen LogP contribution in [0.2, 0.25) is 0 Å². The lowest BCUT2D eigenvalue weighted by atomic mass is 10.2. The average molecular weight is 356 g/mol. The molecule has 1 unspecified atom stereocenters. The average Bonchev–Trinajstić information content (AvgIpc) is 2.92. The van der Waals surface area contributed by atoms with Gasteiger partial charge in [-0.15, -0.1) is 0 Å². The van der Waals surface area contributed by atoms with Crippen molar-refractivity contribution in [3.8, 4) is 0 Å². The molecule has 23 heavy (non-hydrogen) atoms. The molecule has 3 nitrogen and oxygen atoms in total. The maximum Gasteiger partial charge on any atom is 0.194 e. The van der Waals surface area contributed by atoms with Gasteiger partial charge in [-0.25, -0.2) is 4.39 Å². The van der Waals surface area contributed by atoms with Crippen LogP contribution in [0.1, 0.15) is 12.0 Å². The second-order valence-electron chi connectivity index (χ2n) is 5.31. The summed E-state index contributed by atoms with van der Waals surface area (Å²) in [6.07, 6.45) is 3.11. The van der Waals surface area contributed by atoms with Gasteiger partial charge < -0.3 is 30.1 Å². The lowest BCUT2D eigenvalue weighted by Crippen LogP contribution is -3.05. The van der Waals surface area contributed by atoms with Crippen molar-refractivity contribution in [2.75, 3.05) is 13.1 Å². The van der Waals surface area contributed by atoms with E-state index in [9.17, 15) is 4.39 Å². The van der Waals surface area contributed by atoms with Gasteiger partial charge in [0.15, 0.2) is 12.0 Å². The zero-order valence-electron chi connectivity index (χ0n) is 12.7. The molecular weight excluding hydrogens is 336 g/mol. The maximum atomic E-state index is 12.8. The van der Waals surface area contributed by atoms with Crippen LogP contribution in [0.15, 0.2) is 53.5 Å². The van der Waals surface area contributed by atoms with Crippen molar-refractivity contribution >= 4 is 17.7 Å². The van der Waals surface area contributed by atoms with E-state index < -0.39 is 0 Å². The first-order valence-electron chi connectivity index (χ1n) is 7.38. The molecule has 1 aliphatic rings. The molecule has 0 bridgehead atoms. The van der Waals surface area contributed by atoms with Gasteiger partial charge >= 0.3 is 0 Å². The van der Waals surface area contributed by atoms with Crippen molar-refractivity contribution in [3.05, 3.63) is 59.9 Å². The first kappa shape index (κ1) is 19.6. The van der Waals surface area contributed by atoms with E-state index in [2.05, 4.69) is 28.5 Å². The van der Waals surface area contributed by atoms with Crippen molar-refractivity contribution in [2.24, 2.45) is 4.99 Å². The highest BCUT2D eigenvalue weighted by Crippen LogP contribution is 2.22. The molecule has 3 N–H and O–H groups in total. The van der Waals surface area contributed by atoms with Crippen LogP contribution in [0.25, 0.3) is 0 Å². The number of aliphatic imine (C=N–C) groups is 1. The summed E-state index contributed by atoms with van der Waals surface area (Å²) in [6.45, 7) is 3.03. The molecule has 0 fully saturated rings. The van der Waals surface area contributed by atoms with E-state index in [4.69, 9.17) is 0 Å². The summed E-state index contributed by atoms with van der Waals surface area (Å²) in [5.74, 6) is -0.172. The zero-order chi connectivity index (χ0) is 14.5. The lowest BCUT2D eigenvalue weighted by molar-refractivity contribution is -0.730. The van der Waals surface area contributed by atoms with Crippen LogP contribution in [0.3, 0.4) is 0 Å². The molecule has 3 rings (SSSR count). The smallest absolute Gasteiger partial charge is 0.194 e. The van der Waals surface area contributed by atoms with E-state index in [0.717, 1.165) is 37.3 Å². The molecule has 0 aliphatic carbocycles. The van der Waals surface area contributed by atoms with Gasteiger partial charge in [-0.05, 0) is 18.2 Å². The van der Waals surface area contributed by atoms with Gasteiger partial charge in [-0.1, -0.05) is 24.3 Å². The highest BCUT2D eigenvalue weighted by Gasteiger charge is 2.19. The number of nitrogens with zero attached hydrogens (tertiary/aromatic N) is 1. The minimum absolute atomic E-state index is 0. The number of nitrogens with two attached hydrogens (primary N) is 1. The van der Waals surface area contributed by atoms with Crippen LogP contribution in [0.5, 0.6) is 0 Å². The quantitative estimate of drug-likeness (QED) is 0.487. The molecule has 0 aromatic heterocycles. The van der Waals surface area contributed by atoms with Gasteiger partial charge in [-0.3, -0.25) is 4.90 Å². The van der Waals surface area contributed by atoms with Crippen molar-refractivity contribution in [1.29, 1.82) is 0 Å². The largest absolute Gasteiger partial charge is 1.00 e. The fourth-order valence-corrected chi connectivity index (χ4v) is 2.60. The molecule has 6 heteroatoms. The summed E-state index contributed by atoms with van der Waals surface area (Å²) in [5.41, 5.74) is 3.52. The minimum atomic E-state index is -0.172. The van der Waals surface area contributed by atoms with Gasteiger partial charge in [0.05, 0.1) is 13.1 Å². The third-order valence-electron chi connectivity index (χ3n) is 3.76. The Bertz CT molecular complexity index is 632. The highest BCUT2D eigenvalue weighted by molar-refractivity contribution is 5.71. The molecule has 2 aromatic rings. The van der Waals surface area contributed by atoms with E-state index in [0.29, 0.717) is 0 Å². The number of halogens is 3. The minimum Gasteiger partial charge on any atom is -1.00 e. The van der Waals surface area contributed by atoms with Crippen LogP contribution in [0.4, 0.5) is 15.8 Å². The molecule has 124 valence electrons. The topological polar surface area (TPSA) is 33.4 Å². The number of benzene rings is 2. The first-order chi connectivity index (χ1) is 10.3. The zero-order valence-corrected chi connectivity index (χ0v) is 14.2. The fraction of sp³-hybridized carbons (Fsp3) is 0.235. The van der Waals surface area contributed by atoms with E-state index in [1.165, 1.54) is 22.7 Å². The summed E-state index contributed by atoms with van der Waals surface area (Å²) in [7, 11) is 0. The number of para-hydroxylation sites is 2. The highest BCUT2D eigenvalue weighted by atomic mass is 35.5. The Balaban J connectivity index is 0.00000132. The van der Waals surface area contributed by atoms with Crippen molar-refractivity contribution in [3.63, 3.8) is 0 Å². The molecule has 0 amide bonds. The molecule has 0 spiro atoms. The Kier molecular flexibility index (Phi) is 8.20. The second kappa shape index (κ2) is 9.63. The number of rotatable bonds is 6. The van der Waals surface area contributed by atoms with Gasteiger partial charge in [0, 0.05) is 18.1 Å². The number of fused-ring (bicyclic) bond motifs is 1. The van der Waals surface area contributed by atoms with E-state index in [1.807, 2.05) is 24.5 Å². The van der Waals surface area contributed by atoms with Gasteiger partial charge in [0.25, 0.3) is 0 Å². The number of hydrogen-bond acceptors (Lipinski definition) is 1. The molecular formula is C17H20Cl2FN3. The standard InChI is InChI=1S/C17H18FN3.2ClH/c18-15-8-6-14(7-9-15)12-19-10-3-11-21-13-20-16-4-1-2-5-17(16)21;;/h1-2,4-9,13,19H,3,10-12H2;2*1H. The summed E-state index contributed by atoms with van der Waals surface area (Å²) in [6, 6.07) is 15.0. The van der Waals surface area contributed by atoms with Crippen molar-refractivity contribution in [1.82, 2.24) is 0 Å². The number of nitrogens with one attached hydrogen (secondary N) is 1. The number of hydrogen-bond donors (Lipinski definition) is 2. The van der Waals surface area contributed by atoms with Crippen molar-refractivity contribution in [2.45, 2.75) is 13.0 Å². The molecule has 0 radical (unpaired) electrons. The van der Waals surface area contributed by atoms with Gasteiger partial charge in [0.2, 0.25) is 0 Å². The molecule has 1 heterocycles. The lowest BCUT2D eigenvalue weighted by Gasteiger charge is -2.09. The van der Waals surface area contributed by atoms with Gasteiger partial charge in [-0.2, -0.15) is 4.99 Å². The van der Waals surface area contributed by atoms with Crippen molar-refractivity contribution < 1.29 is 39.4 Å². The number of quaternary nitrogens is 2. The molecule has 2 aromatic carbocycles. The summed E-state index contributed by atoms with van der Waals surface area (Å²) in [4.78, 5) is 5.76. The normalized spacial score (nSPS) is 14.7. The Morgan fingerprint density at radius 2 is 1.74 bits per heavy atom.